The quantitative estimate of drug-likeness (QED) is 0.332. The summed E-state index contributed by atoms with van der Waals surface area (Å²) in [5, 5.41) is 6.55. The van der Waals surface area contributed by atoms with Gasteiger partial charge in [0, 0.05) is 39.4 Å². The molecule has 158 valence electrons. The third-order valence-electron chi connectivity index (χ3n) is 4.60. The molecule has 1 aliphatic rings. The number of hydrogen-bond acceptors (Lipinski definition) is 4. The Balaban J connectivity index is 1.87. The lowest BCUT2D eigenvalue weighted by Crippen LogP contribution is -2.37. The van der Waals surface area contributed by atoms with Crippen molar-refractivity contribution in [3.05, 3.63) is 29.8 Å². The van der Waals surface area contributed by atoms with E-state index >= 15 is 0 Å². The number of guanidine groups is 1. The van der Waals surface area contributed by atoms with Gasteiger partial charge in [0.2, 0.25) is 10.0 Å². The predicted octanol–water partition coefficient (Wildman–Crippen LogP) is 2.34. The van der Waals surface area contributed by atoms with Crippen molar-refractivity contribution < 1.29 is 13.2 Å². The maximum Gasteiger partial charge on any atom is 0.243 e. The van der Waals surface area contributed by atoms with E-state index in [0.29, 0.717) is 24.5 Å². The molecule has 2 rings (SSSR count). The summed E-state index contributed by atoms with van der Waals surface area (Å²) in [5.41, 5.74) is 0.980. The molecule has 28 heavy (non-hydrogen) atoms. The highest BCUT2D eigenvalue weighted by Gasteiger charge is 2.26. The lowest BCUT2D eigenvalue weighted by Gasteiger charge is -2.15. The summed E-state index contributed by atoms with van der Waals surface area (Å²) in [6.45, 7) is 8.95. The van der Waals surface area contributed by atoms with Gasteiger partial charge < -0.3 is 15.4 Å². The molecule has 8 heteroatoms. The third-order valence-corrected chi connectivity index (χ3v) is 6.52. The van der Waals surface area contributed by atoms with E-state index in [9.17, 15) is 8.42 Å². The van der Waals surface area contributed by atoms with Crippen LogP contribution in [-0.2, 0) is 21.3 Å². The molecule has 0 radical (unpaired) electrons. The number of benzene rings is 1. The predicted molar refractivity (Wildman–Crippen MR) is 113 cm³/mol. The van der Waals surface area contributed by atoms with E-state index < -0.39 is 10.0 Å². The topological polar surface area (TPSA) is 83.0 Å². The van der Waals surface area contributed by atoms with Crippen molar-refractivity contribution in [1.82, 2.24) is 14.9 Å². The molecule has 1 saturated heterocycles. The Labute approximate surface area is 169 Å². The fraction of sp³-hybridized carbons (Fsp3) is 0.650. The second-order valence-corrected chi connectivity index (χ2v) is 8.72. The normalized spacial score (nSPS) is 15.7. The highest BCUT2D eigenvalue weighted by Crippen LogP contribution is 2.21. The zero-order valence-corrected chi connectivity index (χ0v) is 17.9. The van der Waals surface area contributed by atoms with Crippen molar-refractivity contribution in [2.45, 2.75) is 51.0 Å². The Kier molecular flexibility index (Phi) is 9.73. The molecular formula is C20H34N4O3S. The molecular weight excluding hydrogens is 376 g/mol. The average Bonchev–Trinajstić information content (AvgIpc) is 3.25. The number of nitrogens with one attached hydrogen (secondary N) is 2. The third kappa shape index (κ3) is 7.07. The standard InChI is InChI=1S/C20H34N4O3S/c1-3-21-20(22-13-5-8-16-27-4-2)23-17-18-9-11-19(12-10-18)28(25,26)24-14-6-7-15-24/h9-12H,3-8,13-17H2,1-2H3,(H2,21,22,23). The molecule has 1 aromatic carbocycles. The Morgan fingerprint density at radius 2 is 1.82 bits per heavy atom. The second kappa shape index (κ2) is 12.0. The maximum absolute atomic E-state index is 12.6. The molecule has 1 aliphatic heterocycles. The van der Waals surface area contributed by atoms with Crippen LogP contribution >= 0.6 is 0 Å². The zero-order chi connectivity index (χ0) is 20.2. The Morgan fingerprint density at radius 1 is 1.11 bits per heavy atom. The van der Waals surface area contributed by atoms with Crippen molar-refractivity contribution in [3.63, 3.8) is 0 Å². The average molecular weight is 411 g/mol. The van der Waals surface area contributed by atoms with Crippen LogP contribution < -0.4 is 10.6 Å². The van der Waals surface area contributed by atoms with Gasteiger partial charge in [-0.15, -0.1) is 0 Å². The zero-order valence-electron chi connectivity index (χ0n) is 17.1. The van der Waals surface area contributed by atoms with Gasteiger partial charge in [-0.3, -0.25) is 0 Å². The largest absolute Gasteiger partial charge is 0.382 e. The SMILES string of the molecule is CCNC(=NCc1ccc(S(=O)(=O)N2CCCC2)cc1)NCCCCOCC. The van der Waals surface area contributed by atoms with Gasteiger partial charge >= 0.3 is 0 Å². The number of ether oxygens (including phenoxy) is 1. The van der Waals surface area contributed by atoms with Gasteiger partial charge in [-0.2, -0.15) is 4.31 Å². The summed E-state index contributed by atoms with van der Waals surface area (Å²) < 4.78 is 32.1. The first-order valence-corrected chi connectivity index (χ1v) is 11.7. The van der Waals surface area contributed by atoms with Crippen LogP contribution in [-0.4, -0.2) is 58.1 Å². The molecule has 0 aromatic heterocycles. The number of aliphatic imine (C=N–C) groups is 1. The van der Waals surface area contributed by atoms with Gasteiger partial charge in [0.05, 0.1) is 11.4 Å². The molecule has 0 bridgehead atoms. The monoisotopic (exact) mass is 410 g/mol. The maximum atomic E-state index is 12.6. The number of unbranched alkanes of at least 4 members (excludes halogenated alkanes) is 1. The van der Waals surface area contributed by atoms with Gasteiger partial charge in [0.1, 0.15) is 0 Å². The van der Waals surface area contributed by atoms with Gasteiger partial charge in [0.25, 0.3) is 0 Å². The van der Waals surface area contributed by atoms with E-state index in [1.807, 2.05) is 26.0 Å². The van der Waals surface area contributed by atoms with Crippen LogP contribution in [0.3, 0.4) is 0 Å². The van der Waals surface area contributed by atoms with Gasteiger partial charge in [-0.25, -0.2) is 13.4 Å². The molecule has 0 amide bonds. The highest BCUT2D eigenvalue weighted by molar-refractivity contribution is 7.89. The molecule has 0 spiro atoms. The lowest BCUT2D eigenvalue weighted by atomic mass is 10.2. The summed E-state index contributed by atoms with van der Waals surface area (Å²) in [4.78, 5) is 4.95. The highest BCUT2D eigenvalue weighted by atomic mass is 32.2. The van der Waals surface area contributed by atoms with Crippen LogP contribution in [0.4, 0.5) is 0 Å². The van der Waals surface area contributed by atoms with E-state index in [4.69, 9.17) is 4.74 Å². The summed E-state index contributed by atoms with van der Waals surface area (Å²) >= 11 is 0. The minimum Gasteiger partial charge on any atom is -0.382 e. The molecule has 0 aliphatic carbocycles. The van der Waals surface area contributed by atoms with E-state index in [0.717, 1.165) is 63.5 Å². The second-order valence-electron chi connectivity index (χ2n) is 6.78. The molecule has 1 heterocycles. The van der Waals surface area contributed by atoms with Gasteiger partial charge in [-0.1, -0.05) is 12.1 Å². The fourth-order valence-corrected chi connectivity index (χ4v) is 4.55. The number of sulfonamides is 1. The minimum absolute atomic E-state index is 0.362. The first-order chi connectivity index (χ1) is 13.6. The lowest BCUT2D eigenvalue weighted by molar-refractivity contribution is 0.143. The van der Waals surface area contributed by atoms with E-state index in [2.05, 4.69) is 15.6 Å². The van der Waals surface area contributed by atoms with Gasteiger partial charge in [0.15, 0.2) is 5.96 Å². The van der Waals surface area contributed by atoms with Crippen molar-refractivity contribution >= 4 is 16.0 Å². The molecule has 2 N–H and O–H groups in total. The van der Waals surface area contributed by atoms with Crippen LogP contribution in [0.2, 0.25) is 0 Å². The molecule has 1 fully saturated rings. The van der Waals surface area contributed by atoms with E-state index in [1.165, 1.54) is 0 Å². The number of nitrogens with zero attached hydrogens (tertiary/aromatic N) is 2. The Bertz CT molecular complexity index is 699. The van der Waals surface area contributed by atoms with Crippen molar-refractivity contribution in [2.75, 3.05) is 39.4 Å². The Hall–Kier alpha value is -1.64. The van der Waals surface area contributed by atoms with Crippen LogP contribution in [0.5, 0.6) is 0 Å². The fourth-order valence-electron chi connectivity index (χ4n) is 3.04. The van der Waals surface area contributed by atoms with Crippen molar-refractivity contribution in [3.8, 4) is 0 Å². The molecule has 1 aromatic rings. The molecule has 0 saturated carbocycles. The van der Waals surface area contributed by atoms with E-state index in [-0.39, 0.29) is 0 Å². The molecule has 7 nitrogen and oxygen atoms in total. The van der Waals surface area contributed by atoms with Crippen LogP contribution in [0.1, 0.15) is 45.1 Å². The van der Waals surface area contributed by atoms with Crippen molar-refractivity contribution in [2.24, 2.45) is 4.99 Å². The first-order valence-electron chi connectivity index (χ1n) is 10.3. The number of rotatable bonds is 11. The summed E-state index contributed by atoms with van der Waals surface area (Å²) in [5.74, 6) is 0.771. The summed E-state index contributed by atoms with van der Waals surface area (Å²) in [6.07, 6.45) is 3.93. The number of hydrogen-bond donors (Lipinski definition) is 2. The van der Waals surface area contributed by atoms with Crippen LogP contribution in [0.25, 0.3) is 0 Å². The van der Waals surface area contributed by atoms with E-state index in [1.54, 1.807) is 16.4 Å². The Morgan fingerprint density at radius 3 is 2.46 bits per heavy atom. The molecule has 0 unspecified atom stereocenters. The van der Waals surface area contributed by atoms with Crippen LogP contribution in [0, 0.1) is 0 Å². The summed E-state index contributed by atoms with van der Waals surface area (Å²) in [6, 6.07) is 7.06. The smallest absolute Gasteiger partial charge is 0.243 e. The summed E-state index contributed by atoms with van der Waals surface area (Å²) in [7, 11) is -3.35. The molecule has 0 atom stereocenters. The van der Waals surface area contributed by atoms with Crippen LogP contribution in [0.15, 0.2) is 34.2 Å². The minimum atomic E-state index is -3.35. The first kappa shape index (κ1) is 22.6. The van der Waals surface area contributed by atoms with Crippen molar-refractivity contribution in [1.29, 1.82) is 0 Å². The van der Waals surface area contributed by atoms with Gasteiger partial charge in [-0.05, 0) is 57.2 Å².